The molecular weight excluding hydrogens is 184 g/mol. The Hall–Kier alpha value is -1.30. The molecule has 6 heteroatoms. The predicted octanol–water partition coefficient (Wildman–Crippen LogP) is 0.343. The van der Waals surface area contributed by atoms with Crippen LogP contribution in [0.2, 0.25) is 0 Å². The molecular formula is C8H18N4O2. The molecule has 82 valence electrons. The minimum absolute atomic E-state index is 0.467. The van der Waals surface area contributed by atoms with Crippen LogP contribution >= 0.6 is 0 Å². The number of unbranched alkanes of at least 4 members (excludes halogenated alkanes) is 3. The van der Waals surface area contributed by atoms with Crippen molar-refractivity contribution in [3.8, 4) is 0 Å². The molecule has 0 aliphatic carbocycles. The maximum Gasteiger partial charge on any atom is 0.312 e. The summed E-state index contributed by atoms with van der Waals surface area (Å²) >= 11 is 0. The number of amides is 2. The molecule has 0 fully saturated rings. The molecule has 0 rings (SSSR count). The van der Waals surface area contributed by atoms with Gasteiger partial charge in [-0.2, -0.15) is 5.48 Å². The van der Waals surface area contributed by atoms with Crippen LogP contribution < -0.4 is 16.5 Å². The van der Waals surface area contributed by atoms with E-state index in [1.54, 1.807) is 0 Å². The minimum Gasteiger partial charge on any atom is -0.397 e. The Labute approximate surface area is 83.6 Å². The third-order valence-electron chi connectivity index (χ3n) is 1.65. The minimum atomic E-state index is -0.467. The average molecular weight is 202 g/mol. The van der Waals surface area contributed by atoms with Crippen molar-refractivity contribution in [1.82, 2.24) is 10.8 Å². The van der Waals surface area contributed by atoms with Gasteiger partial charge in [-0.1, -0.05) is 12.8 Å². The van der Waals surface area contributed by atoms with E-state index in [2.05, 4.69) is 15.6 Å². The molecule has 0 heterocycles. The third-order valence-corrected chi connectivity index (χ3v) is 1.65. The molecule has 14 heavy (non-hydrogen) atoms. The van der Waals surface area contributed by atoms with Crippen LogP contribution in [0.4, 0.5) is 4.79 Å². The van der Waals surface area contributed by atoms with E-state index in [-0.39, 0.29) is 0 Å². The topological polar surface area (TPSA) is 100 Å². The zero-order valence-corrected chi connectivity index (χ0v) is 8.21. The number of rotatable bonds is 9. The first-order valence-electron chi connectivity index (χ1n) is 4.68. The summed E-state index contributed by atoms with van der Waals surface area (Å²) in [7, 11) is 0. The smallest absolute Gasteiger partial charge is 0.312 e. The maximum atomic E-state index is 10.3. The molecule has 2 amide bonds. The maximum absolute atomic E-state index is 10.3. The summed E-state index contributed by atoms with van der Waals surface area (Å²) in [6.45, 7) is 1.37. The Balaban J connectivity index is 2.92. The highest BCUT2D eigenvalue weighted by Gasteiger charge is 1.92. The van der Waals surface area contributed by atoms with Crippen LogP contribution in [0.1, 0.15) is 25.7 Å². The highest BCUT2D eigenvalue weighted by molar-refractivity contribution is 5.71. The summed E-state index contributed by atoms with van der Waals surface area (Å²) in [4.78, 5) is 14.8. The molecule has 0 aromatic rings. The number of hydroxylamine groups is 1. The van der Waals surface area contributed by atoms with Gasteiger partial charge in [-0.25, -0.2) is 4.79 Å². The number of urea groups is 1. The molecule has 0 aliphatic heterocycles. The van der Waals surface area contributed by atoms with Crippen molar-refractivity contribution in [2.24, 2.45) is 5.73 Å². The molecule has 0 aromatic heterocycles. The third kappa shape index (κ3) is 10.7. The highest BCUT2D eigenvalue weighted by atomic mass is 16.6. The quantitative estimate of drug-likeness (QED) is 0.188. The average Bonchev–Trinajstić information content (AvgIpc) is 2.15. The van der Waals surface area contributed by atoms with Crippen LogP contribution in [-0.4, -0.2) is 25.5 Å². The first-order chi connectivity index (χ1) is 6.77. The number of carbonyl (C=O) groups is 1. The number of primary amides is 1. The van der Waals surface area contributed by atoms with Gasteiger partial charge in [-0.05, 0) is 12.8 Å². The second-order valence-electron chi connectivity index (χ2n) is 2.84. The Morgan fingerprint density at radius 1 is 1.29 bits per heavy atom. The van der Waals surface area contributed by atoms with Crippen molar-refractivity contribution < 1.29 is 9.63 Å². The van der Waals surface area contributed by atoms with Crippen molar-refractivity contribution >= 4 is 12.4 Å². The van der Waals surface area contributed by atoms with E-state index in [4.69, 9.17) is 11.1 Å². The number of nitrogens with two attached hydrogens (primary N) is 1. The van der Waals surface area contributed by atoms with Gasteiger partial charge in [-0.3, -0.25) is 5.41 Å². The van der Waals surface area contributed by atoms with Crippen LogP contribution in [0.5, 0.6) is 0 Å². The van der Waals surface area contributed by atoms with Gasteiger partial charge in [0.1, 0.15) is 0 Å². The molecule has 0 bridgehead atoms. The second-order valence-corrected chi connectivity index (χ2v) is 2.84. The predicted molar refractivity (Wildman–Crippen MR) is 53.9 cm³/mol. The van der Waals surface area contributed by atoms with E-state index in [0.717, 1.165) is 38.6 Å². The molecule has 0 saturated heterocycles. The summed E-state index contributed by atoms with van der Waals surface area (Å²) in [6.07, 6.45) is 4.90. The summed E-state index contributed by atoms with van der Waals surface area (Å²) in [5, 5.41) is 9.08. The lowest BCUT2D eigenvalue weighted by Gasteiger charge is -2.03. The fourth-order valence-electron chi connectivity index (χ4n) is 0.988. The van der Waals surface area contributed by atoms with E-state index >= 15 is 0 Å². The van der Waals surface area contributed by atoms with Crippen LogP contribution in [-0.2, 0) is 4.84 Å². The molecule has 0 radical (unpaired) electrons. The van der Waals surface area contributed by atoms with Crippen LogP contribution in [0.3, 0.4) is 0 Å². The lowest BCUT2D eigenvalue weighted by atomic mass is 10.2. The fourth-order valence-corrected chi connectivity index (χ4v) is 0.988. The molecule has 0 aliphatic rings. The van der Waals surface area contributed by atoms with Crippen LogP contribution in [0.25, 0.3) is 0 Å². The zero-order chi connectivity index (χ0) is 10.6. The normalized spacial score (nSPS) is 9.43. The van der Waals surface area contributed by atoms with Crippen molar-refractivity contribution in [3.63, 3.8) is 0 Å². The van der Waals surface area contributed by atoms with Gasteiger partial charge in [0.05, 0.1) is 0 Å². The van der Waals surface area contributed by atoms with Gasteiger partial charge in [0.2, 0.25) is 0 Å². The number of hydrogen-bond acceptors (Lipinski definition) is 4. The molecule has 0 atom stereocenters. The van der Waals surface area contributed by atoms with Crippen LogP contribution in [0, 0.1) is 5.41 Å². The zero-order valence-electron chi connectivity index (χ0n) is 8.21. The van der Waals surface area contributed by atoms with Gasteiger partial charge in [0, 0.05) is 13.1 Å². The second kappa shape index (κ2) is 9.79. The van der Waals surface area contributed by atoms with Crippen LogP contribution in [0.15, 0.2) is 0 Å². The molecule has 0 unspecified atom stereocenters. The Morgan fingerprint density at radius 3 is 2.50 bits per heavy atom. The lowest BCUT2D eigenvalue weighted by Crippen LogP contribution is -2.29. The summed E-state index contributed by atoms with van der Waals surface area (Å²) in [5.74, 6) is 0. The number of nitrogens with one attached hydrogen (secondary N) is 3. The van der Waals surface area contributed by atoms with E-state index < -0.39 is 6.03 Å². The highest BCUT2D eigenvalue weighted by Crippen LogP contribution is 1.97. The van der Waals surface area contributed by atoms with E-state index in [1.165, 1.54) is 0 Å². The number of hydrogen-bond donors (Lipinski definition) is 4. The lowest BCUT2D eigenvalue weighted by molar-refractivity contribution is 0.189. The first-order valence-corrected chi connectivity index (χ1v) is 4.68. The molecule has 0 aromatic carbocycles. The summed E-state index contributed by atoms with van der Waals surface area (Å²) in [6, 6.07) is -0.467. The Bertz CT molecular complexity index is 163. The standard InChI is InChI=1S/C8H18N4O2/c9-7-14-12-6-4-2-1-3-5-11-8(10)13/h7,9,12H,1-6H2,(H3,10,11,13). The van der Waals surface area contributed by atoms with E-state index in [0.29, 0.717) is 6.54 Å². The van der Waals surface area contributed by atoms with Gasteiger partial charge < -0.3 is 15.9 Å². The van der Waals surface area contributed by atoms with Crippen molar-refractivity contribution in [2.75, 3.05) is 13.1 Å². The monoisotopic (exact) mass is 202 g/mol. The molecule has 0 saturated carbocycles. The summed E-state index contributed by atoms with van der Waals surface area (Å²) < 4.78 is 0. The Morgan fingerprint density at radius 2 is 1.93 bits per heavy atom. The largest absolute Gasteiger partial charge is 0.397 e. The fraction of sp³-hybridized carbons (Fsp3) is 0.750. The van der Waals surface area contributed by atoms with Gasteiger partial charge in [0.15, 0.2) is 6.40 Å². The van der Waals surface area contributed by atoms with Gasteiger partial charge in [0.25, 0.3) is 0 Å². The van der Waals surface area contributed by atoms with Crippen molar-refractivity contribution in [3.05, 3.63) is 0 Å². The molecule has 6 nitrogen and oxygen atoms in total. The SMILES string of the molecule is N=CONCCCCCCNC(N)=O. The van der Waals surface area contributed by atoms with E-state index in [1.807, 2.05) is 0 Å². The van der Waals surface area contributed by atoms with Gasteiger partial charge >= 0.3 is 6.03 Å². The van der Waals surface area contributed by atoms with Crippen molar-refractivity contribution in [2.45, 2.75) is 25.7 Å². The molecule has 0 spiro atoms. The Kier molecular flexibility index (Phi) is 8.88. The van der Waals surface area contributed by atoms with Crippen molar-refractivity contribution in [1.29, 1.82) is 5.41 Å². The first kappa shape index (κ1) is 12.7. The van der Waals surface area contributed by atoms with Gasteiger partial charge in [-0.15, -0.1) is 0 Å². The van der Waals surface area contributed by atoms with E-state index in [9.17, 15) is 4.79 Å². The number of carbonyl (C=O) groups excluding carboxylic acids is 1. The molecule has 5 N–H and O–H groups in total. The summed E-state index contributed by atoms with van der Waals surface area (Å²) in [5.41, 5.74) is 7.50.